The molecule has 0 spiro atoms. The van der Waals surface area contributed by atoms with Gasteiger partial charge in [0, 0.05) is 37.6 Å². The zero-order valence-electron chi connectivity index (χ0n) is 15.9. The highest BCUT2D eigenvalue weighted by Crippen LogP contribution is 2.31. The van der Waals surface area contributed by atoms with E-state index in [0.29, 0.717) is 30.7 Å². The molecule has 0 unspecified atom stereocenters. The van der Waals surface area contributed by atoms with Crippen molar-refractivity contribution in [1.29, 1.82) is 0 Å². The molecule has 3 aromatic heterocycles. The van der Waals surface area contributed by atoms with Gasteiger partial charge in [0.15, 0.2) is 5.65 Å². The molecule has 0 bridgehead atoms. The van der Waals surface area contributed by atoms with Gasteiger partial charge in [-0.15, -0.1) is 10.2 Å². The quantitative estimate of drug-likeness (QED) is 0.705. The molecule has 0 radical (unpaired) electrons. The molecule has 1 amide bonds. The van der Waals surface area contributed by atoms with Gasteiger partial charge < -0.3 is 10.2 Å². The number of nitrogens with one attached hydrogen (secondary N) is 1. The average molecular weight is 354 g/mol. The number of amides is 1. The van der Waals surface area contributed by atoms with Crippen LogP contribution in [0, 0.1) is 0 Å². The van der Waals surface area contributed by atoms with Gasteiger partial charge >= 0.3 is 0 Å². The summed E-state index contributed by atoms with van der Waals surface area (Å²) < 4.78 is 1.92. The maximum atomic E-state index is 13.3. The number of pyridine rings is 2. The second-order valence-electron chi connectivity index (χ2n) is 6.16. The Labute approximate surface area is 153 Å². The summed E-state index contributed by atoms with van der Waals surface area (Å²) in [4.78, 5) is 19.7. The van der Waals surface area contributed by atoms with Crippen molar-refractivity contribution in [2.24, 2.45) is 0 Å². The molecule has 138 valence electrons. The third-order valence-electron chi connectivity index (χ3n) is 4.60. The lowest BCUT2D eigenvalue weighted by Gasteiger charge is -2.22. The van der Waals surface area contributed by atoms with E-state index in [9.17, 15) is 4.79 Å². The van der Waals surface area contributed by atoms with Gasteiger partial charge in [-0.3, -0.25) is 9.20 Å². The standard InChI is InChI=1S/C19H26N6O/c1-5-11-20-16-13-10-9-12-21-17(13)25-14(6-2)22-23-18(25)15(16)19(26)24(7-3)8-4/h9-10,12,20H,5-8,11H2,1-4H3. The monoisotopic (exact) mass is 354 g/mol. The number of aromatic nitrogens is 4. The van der Waals surface area contributed by atoms with Crippen molar-refractivity contribution in [2.75, 3.05) is 25.0 Å². The first-order valence-electron chi connectivity index (χ1n) is 9.35. The molecule has 0 aromatic carbocycles. The molecule has 0 fully saturated rings. The molecule has 3 aromatic rings. The van der Waals surface area contributed by atoms with Crippen molar-refractivity contribution in [1.82, 2.24) is 24.5 Å². The highest BCUT2D eigenvalue weighted by atomic mass is 16.2. The summed E-state index contributed by atoms with van der Waals surface area (Å²) in [7, 11) is 0. The fourth-order valence-electron chi connectivity index (χ4n) is 3.25. The van der Waals surface area contributed by atoms with Crippen molar-refractivity contribution in [3.63, 3.8) is 0 Å². The minimum atomic E-state index is -0.0283. The number of rotatable bonds is 7. The fraction of sp³-hybridized carbons (Fsp3) is 0.474. The number of anilines is 1. The highest BCUT2D eigenvalue weighted by Gasteiger charge is 2.26. The average Bonchev–Trinajstić information content (AvgIpc) is 3.10. The largest absolute Gasteiger partial charge is 0.384 e. The maximum Gasteiger partial charge on any atom is 0.259 e. The normalized spacial score (nSPS) is 11.2. The number of carbonyl (C=O) groups is 1. The predicted molar refractivity (Wildman–Crippen MR) is 104 cm³/mol. The number of fused-ring (bicyclic) bond motifs is 3. The predicted octanol–water partition coefficient (Wildman–Crippen LogP) is 3.14. The number of nitrogens with zero attached hydrogens (tertiary/aromatic N) is 5. The van der Waals surface area contributed by atoms with Gasteiger partial charge in [-0.1, -0.05) is 13.8 Å². The van der Waals surface area contributed by atoms with E-state index >= 15 is 0 Å². The first-order valence-corrected chi connectivity index (χ1v) is 9.35. The van der Waals surface area contributed by atoms with Crippen molar-refractivity contribution in [3.05, 3.63) is 29.7 Å². The van der Waals surface area contributed by atoms with Crippen LogP contribution < -0.4 is 5.32 Å². The van der Waals surface area contributed by atoms with Gasteiger partial charge in [0.05, 0.1) is 5.69 Å². The zero-order valence-corrected chi connectivity index (χ0v) is 15.9. The van der Waals surface area contributed by atoms with E-state index in [1.807, 2.05) is 42.2 Å². The van der Waals surface area contributed by atoms with Crippen molar-refractivity contribution in [3.8, 4) is 0 Å². The number of carbonyl (C=O) groups excluding carboxylic acids is 1. The Bertz CT molecular complexity index is 929. The van der Waals surface area contributed by atoms with Gasteiger partial charge in [-0.05, 0) is 32.4 Å². The summed E-state index contributed by atoms with van der Waals surface area (Å²) in [5.41, 5.74) is 2.73. The van der Waals surface area contributed by atoms with E-state index in [1.165, 1.54) is 0 Å². The number of aryl methyl sites for hydroxylation is 1. The molecule has 0 saturated heterocycles. The van der Waals surface area contributed by atoms with Gasteiger partial charge in [-0.2, -0.15) is 0 Å². The van der Waals surface area contributed by atoms with E-state index in [-0.39, 0.29) is 5.91 Å². The van der Waals surface area contributed by atoms with Gasteiger partial charge in [-0.25, -0.2) is 4.98 Å². The Balaban J connectivity index is 2.41. The summed E-state index contributed by atoms with van der Waals surface area (Å²) >= 11 is 0. The van der Waals surface area contributed by atoms with E-state index in [2.05, 4.69) is 27.4 Å². The number of hydrogen-bond acceptors (Lipinski definition) is 5. The van der Waals surface area contributed by atoms with E-state index in [0.717, 1.165) is 35.5 Å². The first-order chi connectivity index (χ1) is 12.7. The van der Waals surface area contributed by atoms with Gasteiger partial charge in [0.25, 0.3) is 5.91 Å². The summed E-state index contributed by atoms with van der Waals surface area (Å²) in [5.74, 6) is 0.777. The Kier molecular flexibility index (Phi) is 5.35. The Morgan fingerprint density at radius 3 is 2.58 bits per heavy atom. The molecule has 0 aliphatic carbocycles. The SMILES string of the molecule is CCCNc1c(C(=O)N(CC)CC)c2nnc(CC)n2c2ncccc12. The smallest absolute Gasteiger partial charge is 0.259 e. The Morgan fingerprint density at radius 2 is 1.92 bits per heavy atom. The van der Waals surface area contributed by atoms with Crippen molar-refractivity contribution in [2.45, 2.75) is 40.5 Å². The van der Waals surface area contributed by atoms with Crippen LogP contribution in [-0.4, -0.2) is 50.0 Å². The second kappa shape index (κ2) is 7.68. The maximum absolute atomic E-state index is 13.3. The van der Waals surface area contributed by atoms with Crippen molar-refractivity contribution < 1.29 is 4.79 Å². The van der Waals surface area contributed by atoms with Crippen LogP contribution in [0.4, 0.5) is 5.69 Å². The minimum absolute atomic E-state index is 0.0283. The topological polar surface area (TPSA) is 75.4 Å². The fourth-order valence-corrected chi connectivity index (χ4v) is 3.25. The zero-order chi connectivity index (χ0) is 18.7. The molecule has 3 heterocycles. The van der Waals surface area contributed by atoms with Crippen LogP contribution in [0.5, 0.6) is 0 Å². The lowest BCUT2D eigenvalue weighted by atomic mass is 10.1. The van der Waals surface area contributed by atoms with Crippen LogP contribution in [0.3, 0.4) is 0 Å². The van der Waals surface area contributed by atoms with Crippen LogP contribution in [-0.2, 0) is 6.42 Å². The summed E-state index contributed by atoms with van der Waals surface area (Å²) in [5, 5.41) is 13.0. The molecule has 0 saturated carbocycles. The summed E-state index contributed by atoms with van der Waals surface area (Å²) in [6.07, 6.45) is 3.43. The molecule has 1 N–H and O–H groups in total. The molecule has 7 nitrogen and oxygen atoms in total. The summed E-state index contributed by atoms with van der Waals surface area (Å²) in [6.45, 7) is 10.2. The third kappa shape index (κ3) is 2.87. The molecule has 0 atom stereocenters. The molecular formula is C19H26N6O. The highest BCUT2D eigenvalue weighted by molar-refractivity contribution is 6.11. The molecule has 0 aliphatic rings. The Hall–Kier alpha value is -2.70. The molecule has 3 rings (SSSR count). The summed E-state index contributed by atoms with van der Waals surface area (Å²) in [6, 6.07) is 3.89. The van der Waals surface area contributed by atoms with Gasteiger partial charge in [0.2, 0.25) is 0 Å². The lowest BCUT2D eigenvalue weighted by Crippen LogP contribution is -2.31. The molecule has 7 heteroatoms. The second-order valence-corrected chi connectivity index (χ2v) is 6.16. The van der Waals surface area contributed by atoms with E-state index < -0.39 is 0 Å². The van der Waals surface area contributed by atoms with E-state index in [1.54, 1.807) is 6.20 Å². The van der Waals surface area contributed by atoms with Crippen molar-refractivity contribution >= 4 is 28.3 Å². The number of hydrogen-bond donors (Lipinski definition) is 1. The van der Waals surface area contributed by atoms with Gasteiger partial charge in [0.1, 0.15) is 17.0 Å². The molecular weight excluding hydrogens is 328 g/mol. The van der Waals surface area contributed by atoms with Crippen LogP contribution in [0.15, 0.2) is 18.3 Å². The third-order valence-corrected chi connectivity index (χ3v) is 4.60. The van der Waals surface area contributed by atoms with Crippen LogP contribution in [0.25, 0.3) is 16.7 Å². The Morgan fingerprint density at radius 1 is 1.15 bits per heavy atom. The van der Waals surface area contributed by atoms with Crippen LogP contribution >= 0.6 is 0 Å². The van der Waals surface area contributed by atoms with E-state index in [4.69, 9.17) is 0 Å². The van der Waals surface area contributed by atoms with Crippen LogP contribution in [0.2, 0.25) is 0 Å². The molecule has 26 heavy (non-hydrogen) atoms. The molecule has 0 aliphatic heterocycles. The lowest BCUT2D eigenvalue weighted by molar-refractivity contribution is 0.0775. The minimum Gasteiger partial charge on any atom is -0.384 e. The first kappa shape index (κ1) is 18.1. The van der Waals surface area contributed by atoms with Crippen LogP contribution in [0.1, 0.15) is 50.3 Å².